The van der Waals surface area contributed by atoms with E-state index in [0.29, 0.717) is 0 Å². The first-order valence-electron chi connectivity index (χ1n) is 0.408. The van der Waals surface area contributed by atoms with E-state index in [4.69, 9.17) is 8.42 Å². The molecule has 0 fully saturated rings. The Morgan fingerprint density at radius 1 is 1.25 bits per heavy atom. The zero-order chi connectivity index (χ0) is 2.71. The molecular weight excluding hydrogens is 87.1 g/mol. The summed E-state index contributed by atoms with van der Waals surface area (Å²) < 4.78 is 16.8. The van der Waals surface area contributed by atoms with Crippen molar-refractivity contribution in [2.45, 2.75) is 0 Å². The van der Waals surface area contributed by atoms with Crippen LogP contribution >= 0.6 is 0 Å². The molecule has 0 aromatic rings. The summed E-state index contributed by atoms with van der Waals surface area (Å²) in [4.78, 5) is 0. The number of rotatable bonds is 0. The van der Waals surface area contributed by atoms with Gasteiger partial charge in [-0.2, -0.15) is 0 Å². The fraction of sp³-hybridized carbons (Fsp3) is 0. The molecule has 0 saturated carbocycles. The summed E-state index contributed by atoms with van der Waals surface area (Å²) in [5.41, 5.74) is 0. The predicted molar refractivity (Wildman–Crippen MR) is 18.9 cm³/mol. The van der Waals surface area contributed by atoms with Crippen LogP contribution in [0.15, 0.2) is 0 Å². The van der Waals surface area contributed by atoms with E-state index in [1.165, 1.54) is 0 Å². The topological polar surface area (TPSA) is 34.1 Å². The van der Waals surface area contributed by atoms with E-state index in [1.807, 2.05) is 0 Å². The Kier molecular flexibility index (Phi) is 20.1. The van der Waals surface area contributed by atoms with Gasteiger partial charge in [-0.25, -0.2) is 8.42 Å². The summed E-state index contributed by atoms with van der Waals surface area (Å²) in [7, 11) is 0. The maximum absolute atomic E-state index is 8.40. The fourth-order valence-corrected chi connectivity index (χ4v) is 0. The molecule has 0 aliphatic rings. The maximum atomic E-state index is 8.40. The molecule has 0 aromatic heterocycles. The molecule has 0 spiro atoms. The average Bonchev–Trinajstić information content (AvgIpc) is 0.918. The van der Waals surface area contributed by atoms with Crippen LogP contribution in [0.2, 0.25) is 0 Å². The van der Waals surface area contributed by atoms with E-state index in [9.17, 15) is 0 Å². The predicted octanol–water partition coefficient (Wildman–Crippen LogP) is -1.85. The van der Waals surface area contributed by atoms with Crippen molar-refractivity contribution < 1.29 is 8.42 Å². The molecule has 4 heteroatoms. The quantitative estimate of drug-likeness (QED) is 0.327. The summed E-state index contributed by atoms with van der Waals surface area (Å²) in [6, 6.07) is 0. The molecule has 0 rings (SSSR count). The summed E-state index contributed by atoms with van der Waals surface area (Å²) >= 11 is -1.42. The second-order valence-electron chi connectivity index (χ2n) is 0.0833. The Morgan fingerprint density at radius 3 is 1.25 bits per heavy atom. The van der Waals surface area contributed by atoms with Crippen molar-refractivity contribution in [3.8, 4) is 0 Å². The molecule has 0 amide bonds. The van der Waals surface area contributed by atoms with Crippen molar-refractivity contribution in [2.75, 3.05) is 0 Å². The molecule has 0 aliphatic carbocycles. The van der Waals surface area contributed by atoms with Crippen LogP contribution in [0.3, 0.4) is 0 Å². The van der Waals surface area contributed by atoms with Gasteiger partial charge in [-0.05, 0) is 0 Å². The monoisotopic (exact) mass is 90.0 g/mol. The Morgan fingerprint density at radius 2 is 1.25 bits per heavy atom. The Hall–Kier alpha value is 0.950. The van der Waals surface area contributed by atoms with Crippen LogP contribution in [0.4, 0.5) is 0 Å². The third-order valence-corrected chi connectivity index (χ3v) is 0. The molecule has 2 nitrogen and oxygen atoms in total. The molecular formula is H3NaO2S. The molecule has 0 bridgehead atoms. The van der Waals surface area contributed by atoms with E-state index in [2.05, 4.69) is 0 Å². The van der Waals surface area contributed by atoms with Crippen LogP contribution in [0.25, 0.3) is 0 Å². The second kappa shape index (κ2) is 9.04. The Labute approximate surface area is 49.5 Å². The molecule has 0 radical (unpaired) electrons. The zero-order valence-electron chi connectivity index (χ0n) is 1.32. The third-order valence-electron chi connectivity index (χ3n) is 0. The number of hydrogen-bond acceptors (Lipinski definition) is 2. The van der Waals surface area contributed by atoms with E-state index in [1.54, 1.807) is 0 Å². The zero-order valence-corrected chi connectivity index (χ0v) is 2.32. The minimum absolute atomic E-state index is 0. The minimum atomic E-state index is -1.42. The summed E-state index contributed by atoms with van der Waals surface area (Å²) in [5.74, 6) is 0. The molecule has 0 atom stereocenters. The standard InChI is InChI=1S/Na.H2O2S.H/c;1-3-2;/h;3H2;. The first kappa shape index (κ1) is 8.87. The molecule has 0 heterocycles. The van der Waals surface area contributed by atoms with Gasteiger partial charge in [0.1, 0.15) is 11.6 Å². The molecule has 0 N–H and O–H groups in total. The second-order valence-corrected chi connectivity index (χ2v) is 0.250. The van der Waals surface area contributed by atoms with Gasteiger partial charge in [0.25, 0.3) is 0 Å². The van der Waals surface area contributed by atoms with Crippen LogP contribution in [-0.2, 0) is 11.6 Å². The van der Waals surface area contributed by atoms with Gasteiger partial charge in [0.2, 0.25) is 0 Å². The van der Waals surface area contributed by atoms with Crippen molar-refractivity contribution >= 4 is 41.1 Å². The van der Waals surface area contributed by atoms with E-state index in [-0.39, 0.29) is 29.6 Å². The van der Waals surface area contributed by atoms with Crippen LogP contribution < -0.4 is 0 Å². The van der Waals surface area contributed by atoms with Gasteiger partial charge in [-0.15, -0.1) is 0 Å². The first-order chi connectivity index (χ1) is 1.41. The van der Waals surface area contributed by atoms with Crippen LogP contribution in [-0.4, -0.2) is 38.0 Å². The Balaban J connectivity index is 0. The van der Waals surface area contributed by atoms with Crippen molar-refractivity contribution in [2.24, 2.45) is 0 Å². The molecule has 0 saturated heterocycles. The summed E-state index contributed by atoms with van der Waals surface area (Å²) in [6.07, 6.45) is 0. The summed E-state index contributed by atoms with van der Waals surface area (Å²) in [5, 5.41) is 0. The molecule has 22 valence electrons. The van der Waals surface area contributed by atoms with Gasteiger partial charge in [0.05, 0.1) is 0 Å². The van der Waals surface area contributed by atoms with Crippen molar-refractivity contribution in [3.05, 3.63) is 0 Å². The molecule has 0 aliphatic heterocycles. The van der Waals surface area contributed by atoms with Crippen molar-refractivity contribution in [3.63, 3.8) is 0 Å². The SMILES string of the molecule is O=[SH2]=O.[NaH]. The fourth-order valence-electron chi connectivity index (χ4n) is 0. The van der Waals surface area contributed by atoms with E-state index in [0.717, 1.165) is 0 Å². The van der Waals surface area contributed by atoms with Gasteiger partial charge in [0, 0.05) is 0 Å². The van der Waals surface area contributed by atoms with Crippen LogP contribution in [0.1, 0.15) is 0 Å². The van der Waals surface area contributed by atoms with E-state index < -0.39 is 11.6 Å². The van der Waals surface area contributed by atoms with Gasteiger partial charge >= 0.3 is 29.6 Å². The van der Waals surface area contributed by atoms with Crippen LogP contribution in [0.5, 0.6) is 0 Å². The van der Waals surface area contributed by atoms with Crippen molar-refractivity contribution in [1.29, 1.82) is 0 Å². The van der Waals surface area contributed by atoms with Gasteiger partial charge in [-0.3, -0.25) is 0 Å². The Bertz CT molecular complexity index is 27.0. The summed E-state index contributed by atoms with van der Waals surface area (Å²) in [6.45, 7) is 0. The van der Waals surface area contributed by atoms with Crippen molar-refractivity contribution in [1.82, 2.24) is 0 Å². The number of hydrogen-bond donors (Lipinski definition) is 0. The molecule has 0 aromatic carbocycles. The average molecular weight is 90.1 g/mol. The first-order valence-corrected chi connectivity index (χ1v) is 1.22. The molecule has 0 unspecified atom stereocenters. The molecule has 4 heavy (non-hydrogen) atoms. The van der Waals surface area contributed by atoms with Gasteiger partial charge < -0.3 is 0 Å². The van der Waals surface area contributed by atoms with E-state index >= 15 is 0 Å². The van der Waals surface area contributed by atoms with Gasteiger partial charge in [-0.1, -0.05) is 0 Å². The van der Waals surface area contributed by atoms with Crippen LogP contribution in [0, 0.1) is 0 Å². The third kappa shape index (κ3) is 12.4. The normalized spacial score (nSPS) is 4.00. The van der Waals surface area contributed by atoms with Gasteiger partial charge in [0.15, 0.2) is 0 Å².